The number of rotatable bonds is 2. The van der Waals surface area contributed by atoms with Crippen LogP contribution in [0.15, 0.2) is 24.3 Å². The van der Waals surface area contributed by atoms with Crippen LogP contribution >= 0.6 is 0 Å². The van der Waals surface area contributed by atoms with Crippen LogP contribution in [-0.2, 0) is 0 Å². The molecule has 0 radical (unpaired) electrons. The van der Waals surface area contributed by atoms with Gasteiger partial charge in [0.2, 0.25) is 0 Å². The highest BCUT2D eigenvalue weighted by Gasteiger charge is 2.18. The van der Waals surface area contributed by atoms with E-state index in [4.69, 9.17) is 0 Å². The second kappa shape index (κ2) is 3.31. The third kappa shape index (κ3) is 1.88. The number of hydrogen-bond acceptors (Lipinski definition) is 1. The van der Waals surface area contributed by atoms with E-state index in [-0.39, 0.29) is 0 Å². The van der Waals surface area contributed by atoms with E-state index in [0.29, 0.717) is 0 Å². The minimum absolute atomic E-state index is 1.16. The van der Waals surface area contributed by atoms with E-state index >= 15 is 0 Å². The fourth-order valence-electron chi connectivity index (χ4n) is 1.36. The largest absolute Gasteiger partial charge is 0.388 e. The summed E-state index contributed by atoms with van der Waals surface area (Å²) >= 11 is 0. The van der Waals surface area contributed by atoms with Gasteiger partial charge in [0.15, 0.2) is 0 Å². The Morgan fingerprint density at radius 2 is 1.67 bits per heavy atom. The van der Waals surface area contributed by atoms with Crippen molar-refractivity contribution in [2.45, 2.75) is 19.6 Å². The number of nitrogens with one attached hydrogen (secondary N) is 1. The molecular weight excluding hydrogens is 162 g/mol. The maximum atomic E-state index is 3.24. The quantitative estimate of drug-likeness (QED) is 0.687. The molecule has 1 nitrogen and oxygen atoms in total. The Labute approximate surface area is 75.8 Å². The zero-order chi connectivity index (χ0) is 9.19. The lowest BCUT2D eigenvalue weighted by atomic mass is 10.3. The molecule has 1 rings (SSSR count). The SMILES string of the molecule is CNc1ccccc1[Si](C)(C)C. The Balaban J connectivity index is 3.14. The van der Waals surface area contributed by atoms with Gasteiger partial charge in [-0.15, -0.1) is 0 Å². The molecule has 1 aromatic rings. The Morgan fingerprint density at radius 1 is 1.08 bits per heavy atom. The van der Waals surface area contributed by atoms with Gasteiger partial charge in [-0.2, -0.15) is 0 Å². The van der Waals surface area contributed by atoms with Crippen molar-refractivity contribution in [1.82, 2.24) is 0 Å². The van der Waals surface area contributed by atoms with Crippen LogP contribution in [0.5, 0.6) is 0 Å². The summed E-state index contributed by atoms with van der Waals surface area (Å²) in [6.45, 7) is 7.09. The van der Waals surface area contributed by atoms with Crippen molar-refractivity contribution in [2.24, 2.45) is 0 Å². The summed E-state index contributed by atoms with van der Waals surface area (Å²) in [4.78, 5) is 0. The van der Waals surface area contributed by atoms with Crippen molar-refractivity contribution in [3.05, 3.63) is 24.3 Å². The number of anilines is 1. The average molecular weight is 179 g/mol. The van der Waals surface area contributed by atoms with Crippen LogP contribution in [0.2, 0.25) is 19.6 Å². The van der Waals surface area contributed by atoms with Gasteiger partial charge < -0.3 is 5.32 Å². The predicted octanol–water partition coefficient (Wildman–Crippen LogP) is 2.27. The smallest absolute Gasteiger partial charge is 0.0803 e. The lowest BCUT2D eigenvalue weighted by Crippen LogP contribution is -2.39. The maximum Gasteiger partial charge on any atom is 0.0803 e. The Hall–Kier alpha value is -0.763. The molecule has 0 atom stereocenters. The molecule has 0 amide bonds. The number of para-hydroxylation sites is 1. The Morgan fingerprint density at radius 3 is 2.08 bits per heavy atom. The molecule has 0 bridgehead atoms. The first-order valence-electron chi connectivity index (χ1n) is 4.33. The van der Waals surface area contributed by atoms with Gasteiger partial charge >= 0.3 is 0 Å². The minimum Gasteiger partial charge on any atom is -0.388 e. The van der Waals surface area contributed by atoms with Gasteiger partial charge in [0, 0.05) is 12.7 Å². The van der Waals surface area contributed by atoms with Crippen LogP contribution in [0, 0.1) is 0 Å². The van der Waals surface area contributed by atoms with Gasteiger partial charge in [-0.25, -0.2) is 0 Å². The molecule has 0 aliphatic rings. The normalized spacial score (nSPS) is 11.3. The standard InChI is InChI=1S/C10H17NSi/c1-11-9-7-5-6-8-10(9)12(2,3)4/h5-8,11H,1-4H3. The molecule has 1 N–H and O–H groups in total. The fourth-order valence-corrected chi connectivity index (χ4v) is 2.97. The second-order valence-electron chi connectivity index (χ2n) is 4.05. The zero-order valence-electron chi connectivity index (χ0n) is 8.31. The summed E-state index contributed by atoms with van der Waals surface area (Å²) in [7, 11) is 0.824. The molecule has 1 aromatic carbocycles. The summed E-state index contributed by atoms with van der Waals surface area (Å²) in [5, 5.41) is 4.74. The third-order valence-electron chi connectivity index (χ3n) is 2.00. The minimum atomic E-state index is -1.16. The van der Waals surface area contributed by atoms with Crippen LogP contribution in [0.25, 0.3) is 0 Å². The van der Waals surface area contributed by atoms with Crippen molar-refractivity contribution < 1.29 is 0 Å². The summed E-state index contributed by atoms with van der Waals surface area (Å²) in [5.41, 5.74) is 1.29. The van der Waals surface area contributed by atoms with Crippen molar-refractivity contribution >= 4 is 18.9 Å². The Kier molecular flexibility index (Phi) is 2.57. The lowest BCUT2D eigenvalue weighted by molar-refractivity contribution is 1.52. The van der Waals surface area contributed by atoms with E-state index in [0.717, 1.165) is 0 Å². The molecular formula is C10H17NSi. The number of benzene rings is 1. The van der Waals surface area contributed by atoms with E-state index in [1.165, 1.54) is 10.9 Å². The number of hydrogen-bond donors (Lipinski definition) is 1. The Bertz CT molecular complexity index is 263. The van der Waals surface area contributed by atoms with E-state index in [2.05, 4.69) is 49.2 Å². The first-order valence-corrected chi connectivity index (χ1v) is 7.83. The van der Waals surface area contributed by atoms with Crippen molar-refractivity contribution in [2.75, 3.05) is 12.4 Å². The van der Waals surface area contributed by atoms with Gasteiger partial charge in [-0.05, 0) is 11.3 Å². The summed E-state index contributed by atoms with van der Waals surface area (Å²) in [6, 6.07) is 8.58. The van der Waals surface area contributed by atoms with Gasteiger partial charge in [-0.1, -0.05) is 37.8 Å². The highest BCUT2D eigenvalue weighted by molar-refractivity contribution is 6.89. The molecule has 12 heavy (non-hydrogen) atoms. The van der Waals surface area contributed by atoms with Crippen LogP contribution in [0.3, 0.4) is 0 Å². The van der Waals surface area contributed by atoms with Crippen LogP contribution in [-0.4, -0.2) is 15.1 Å². The summed E-state index contributed by atoms with van der Waals surface area (Å²) in [5.74, 6) is 0. The molecule has 66 valence electrons. The summed E-state index contributed by atoms with van der Waals surface area (Å²) < 4.78 is 0. The highest BCUT2D eigenvalue weighted by Crippen LogP contribution is 2.10. The maximum absolute atomic E-state index is 3.24. The lowest BCUT2D eigenvalue weighted by Gasteiger charge is -2.20. The van der Waals surface area contributed by atoms with Gasteiger partial charge in [0.05, 0.1) is 8.07 Å². The molecule has 0 aromatic heterocycles. The molecule has 0 saturated carbocycles. The average Bonchev–Trinajstić information content (AvgIpc) is 2.03. The van der Waals surface area contributed by atoms with Crippen molar-refractivity contribution in [3.8, 4) is 0 Å². The molecule has 0 heterocycles. The molecule has 0 fully saturated rings. The predicted molar refractivity (Wildman–Crippen MR) is 59.0 cm³/mol. The molecule has 0 aliphatic heterocycles. The van der Waals surface area contributed by atoms with E-state index in [1.807, 2.05) is 7.05 Å². The van der Waals surface area contributed by atoms with E-state index < -0.39 is 8.07 Å². The second-order valence-corrected chi connectivity index (χ2v) is 9.08. The van der Waals surface area contributed by atoms with Crippen molar-refractivity contribution in [1.29, 1.82) is 0 Å². The molecule has 0 unspecified atom stereocenters. The molecule has 0 spiro atoms. The first kappa shape index (κ1) is 9.33. The van der Waals surface area contributed by atoms with Crippen LogP contribution < -0.4 is 10.5 Å². The first-order chi connectivity index (χ1) is 5.55. The summed E-state index contributed by atoms with van der Waals surface area (Å²) in [6.07, 6.45) is 0. The molecule has 0 saturated heterocycles. The molecule has 2 heteroatoms. The fraction of sp³-hybridized carbons (Fsp3) is 0.400. The van der Waals surface area contributed by atoms with Gasteiger partial charge in [0.25, 0.3) is 0 Å². The topological polar surface area (TPSA) is 12.0 Å². The van der Waals surface area contributed by atoms with Crippen LogP contribution in [0.1, 0.15) is 0 Å². The van der Waals surface area contributed by atoms with E-state index in [9.17, 15) is 0 Å². The van der Waals surface area contributed by atoms with Gasteiger partial charge in [0.1, 0.15) is 0 Å². The monoisotopic (exact) mass is 179 g/mol. The molecule has 0 aliphatic carbocycles. The third-order valence-corrected chi connectivity index (χ3v) is 4.06. The highest BCUT2D eigenvalue weighted by atomic mass is 28.3. The van der Waals surface area contributed by atoms with Gasteiger partial charge in [-0.3, -0.25) is 0 Å². The van der Waals surface area contributed by atoms with E-state index in [1.54, 1.807) is 0 Å². The van der Waals surface area contributed by atoms with Crippen molar-refractivity contribution in [3.63, 3.8) is 0 Å². The zero-order valence-corrected chi connectivity index (χ0v) is 9.31. The van der Waals surface area contributed by atoms with Crippen LogP contribution in [0.4, 0.5) is 5.69 Å².